The van der Waals surface area contributed by atoms with Crippen LogP contribution >= 0.6 is 0 Å². The second-order valence-electron chi connectivity index (χ2n) is 1.36. The Labute approximate surface area is 49.3 Å². The van der Waals surface area contributed by atoms with E-state index < -0.39 is 0 Å². The van der Waals surface area contributed by atoms with Gasteiger partial charge in [0.1, 0.15) is 12.4 Å². The topological polar surface area (TPSA) is 18.5 Å². The Morgan fingerprint density at radius 2 is 2.38 bits per heavy atom. The number of hydrogen-bond acceptors (Lipinski definition) is 2. The molecule has 0 aromatic carbocycles. The van der Waals surface area contributed by atoms with E-state index in [1.54, 1.807) is 13.0 Å². The first kappa shape index (κ1) is 7.24. The Morgan fingerprint density at radius 1 is 1.75 bits per heavy atom. The highest BCUT2D eigenvalue weighted by Gasteiger charge is 1.80. The summed E-state index contributed by atoms with van der Waals surface area (Å²) in [5, 5.41) is 0. The maximum absolute atomic E-state index is 4.53. The summed E-state index contributed by atoms with van der Waals surface area (Å²) in [5.74, 6) is 0.548. The molecule has 0 spiro atoms. The summed E-state index contributed by atoms with van der Waals surface area (Å²) >= 11 is 0. The Balaban J connectivity index is 2.93. The van der Waals surface area contributed by atoms with Gasteiger partial charge in [-0.05, 0) is 6.92 Å². The molecule has 0 aromatic heterocycles. The van der Waals surface area contributed by atoms with Gasteiger partial charge in [-0.25, -0.2) is 0 Å². The first-order valence-corrected chi connectivity index (χ1v) is 2.33. The van der Waals surface area contributed by atoms with E-state index in [0.717, 1.165) is 0 Å². The van der Waals surface area contributed by atoms with Crippen molar-refractivity contribution < 1.29 is 9.78 Å². The summed E-state index contributed by atoms with van der Waals surface area (Å²) in [5.41, 5.74) is 0. The van der Waals surface area contributed by atoms with Crippen LogP contribution in [0.2, 0.25) is 0 Å². The lowest BCUT2D eigenvalue weighted by molar-refractivity contribution is -0.251. The molecule has 0 fully saturated rings. The molecule has 8 heavy (non-hydrogen) atoms. The summed E-state index contributed by atoms with van der Waals surface area (Å²) in [4.78, 5) is 9.04. The van der Waals surface area contributed by atoms with Crippen LogP contribution < -0.4 is 0 Å². The van der Waals surface area contributed by atoms with Gasteiger partial charge in [-0.1, -0.05) is 12.7 Å². The lowest BCUT2D eigenvalue weighted by atomic mass is 10.7. The van der Waals surface area contributed by atoms with Gasteiger partial charge in [0.25, 0.3) is 0 Å². The summed E-state index contributed by atoms with van der Waals surface area (Å²) in [7, 11) is 0. The van der Waals surface area contributed by atoms with E-state index in [9.17, 15) is 0 Å². The van der Waals surface area contributed by atoms with Crippen LogP contribution in [0.1, 0.15) is 6.92 Å². The van der Waals surface area contributed by atoms with Crippen LogP contribution in [0.3, 0.4) is 0 Å². The first-order valence-electron chi connectivity index (χ1n) is 2.33. The minimum Gasteiger partial charge on any atom is -0.343 e. The fourth-order valence-electron chi connectivity index (χ4n) is 0.183. The van der Waals surface area contributed by atoms with Crippen molar-refractivity contribution >= 4 is 0 Å². The predicted molar refractivity (Wildman–Crippen MR) is 32.0 cm³/mol. The van der Waals surface area contributed by atoms with Crippen molar-refractivity contribution in [3.05, 3.63) is 25.0 Å². The zero-order valence-electron chi connectivity index (χ0n) is 5.02. The molecule has 0 aliphatic rings. The lowest BCUT2D eigenvalue weighted by Crippen LogP contribution is -1.89. The van der Waals surface area contributed by atoms with E-state index in [-0.39, 0.29) is 0 Å². The van der Waals surface area contributed by atoms with E-state index in [1.165, 1.54) is 0 Å². The molecule has 2 heteroatoms. The second-order valence-corrected chi connectivity index (χ2v) is 1.36. The van der Waals surface area contributed by atoms with Crippen LogP contribution in [-0.2, 0) is 9.78 Å². The Hall–Kier alpha value is -0.760. The molecule has 0 saturated carbocycles. The second kappa shape index (κ2) is 4.40. The van der Waals surface area contributed by atoms with Gasteiger partial charge in [0, 0.05) is 0 Å². The van der Waals surface area contributed by atoms with E-state index in [0.29, 0.717) is 12.4 Å². The van der Waals surface area contributed by atoms with Gasteiger partial charge in [-0.2, -0.15) is 4.89 Å². The zero-order valence-corrected chi connectivity index (χ0v) is 5.02. The number of hydrogen-bond donors (Lipinski definition) is 0. The molecular weight excluding hydrogens is 104 g/mol. The van der Waals surface area contributed by atoms with Gasteiger partial charge in [0.05, 0.1) is 0 Å². The van der Waals surface area contributed by atoms with E-state index >= 15 is 0 Å². The Kier molecular flexibility index (Phi) is 3.98. The molecule has 0 atom stereocenters. The molecule has 0 bridgehead atoms. The van der Waals surface area contributed by atoms with Gasteiger partial charge in [0.15, 0.2) is 0 Å². The standard InChI is InChI=1S/C6H10O2/c1-4-5-7-8-6(2)3/h4H,1-2,5H2,3H3. The third-order valence-electron chi connectivity index (χ3n) is 0.387. The molecule has 0 amide bonds. The largest absolute Gasteiger partial charge is 0.343 e. The summed E-state index contributed by atoms with van der Waals surface area (Å²) in [6, 6.07) is 0. The van der Waals surface area contributed by atoms with E-state index in [2.05, 4.69) is 22.9 Å². The predicted octanol–water partition coefficient (Wildman–Crippen LogP) is 1.65. The van der Waals surface area contributed by atoms with Gasteiger partial charge < -0.3 is 4.89 Å². The summed E-state index contributed by atoms with van der Waals surface area (Å²) in [6.45, 7) is 8.98. The fourth-order valence-corrected chi connectivity index (χ4v) is 0.183. The maximum atomic E-state index is 4.53. The smallest absolute Gasteiger partial charge is 0.132 e. The quantitative estimate of drug-likeness (QED) is 0.182. The van der Waals surface area contributed by atoms with Crippen LogP contribution in [0.15, 0.2) is 25.0 Å². The van der Waals surface area contributed by atoms with E-state index in [1.807, 2.05) is 0 Å². The van der Waals surface area contributed by atoms with Gasteiger partial charge in [-0.3, -0.25) is 0 Å². The highest BCUT2D eigenvalue weighted by atomic mass is 17.2. The van der Waals surface area contributed by atoms with Crippen molar-refractivity contribution in [3.8, 4) is 0 Å². The lowest BCUT2D eigenvalue weighted by Gasteiger charge is -1.98. The van der Waals surface area contributed by atoms with Crippen molar-refractivity contribution in [1.29, 1.82) is 0 Å². The average molecular weight is 114 g/mol. The molecule has 0 rings (SSSR count). The molecule has 0 unspecified atom stereocenters. The zero-order chi connectivity index (χ0) is 6.41. The molecule has 46 valence electrons. The van der Waals surface area contributed by atoms with E-state index in [4.69, 9.17) is 0 Å². The first-order chi connectivity index (χ1) is 3.77. The fraction of sp³-hybridized carbons (Fsp3) is 0.333. The van der Waals surface area contributed by atoms with Crippen LogP contribution in [0.4, 0.5) is 0 Å². The Morgan fingerprint density at radius 3 is 2.75 bits per heavy atom. The average Bonchev–Trinajstić information content (AvgIpc) is 1.66. The van der Waals surface area contributed by atoms with Crippen molar-refractivity contribution in [2.75, 3.05) is 6.61 Å². The summed E-state index contributed by atoms with van der Waals surface area (Å²) < 4.78 is 0. The molecule has 0 aliphatic carbocycles. The highest BCUT2D eigenvalue weighted by molar-refractivity contribution is 4.71. The molecule has 0 N–H and O–H groups in total. The maximum Gasteiger partial charge on any atom is 0.132 e. The molecule has 0 aromatic rings. The molecule has 0 saturated heterocycles. The van der Waals surface area contributed by atoms with Crippen LogP contribution in [0.25, 0.3) is 0 Å². The SMILES string of the molecule is C=CCOOC(=C)C. The van der Waals surface area contributed by atoms with Gasteiger partial charge in [-0.15, -0.1) is 6.58 Å². The minimum atomic E-state index is 0.396. The molecule has 0 radical (unpaired) electrons. The third kappa shape index (κ3) is 5.24. The molecule has 0 heterocycles. The number of allylic oxidation sites excluding steroid dienone is 1. The van der Waals surface area contributed by atoms with Crippen molar-refractivity contribution in [2.24, 2.45) is 0 Å². The monoisotopic (exact) mass is 114 g/mol. The third-order valence-corrected chi connectivity index (χ3v) is 0.387. The van der Waals surface area contributed by atoms with Crippen molar-refractivity contribution in [2.45, 2.75) is 6.92 Å². The number of rotatable bonds is 4. The molecular formula is C6H10O2. The highest BCUT2D eigenvalue weighted by Crippen LogP contribution is 1.89. The van der Waals surface area contributed by atoms with Gasteiger partial charge >= 0.3 is 0 Å². The molecule has 0 aliphatic heterocycles. The minimum absolute atomic E-state index is 0.396. The summed E-state index contributed by atoms with van der Waals surface area (Å²) in [6.07, 6.45) is 1.60. The van der Waals surface area contributed by atoms with Crippen molar-refractivity contribution in [3.63, 3.8) is 0 Å². The van der Waals surface area contributed by atoms with Crippen molar-refractivity contribution in [1.82, 2.24) is 0 Å². The normalized spacial score (nSPS) is 8.12. The Bertz CT molecular complexity index is 86.5. The van der Waals surface area contributed by atoms with Crippen LogP contribution in [0.5, 0.6) is 0 Å². The van der Waals surface area contributed by atoms with Gasteiger partial charge in [0.2, 0.25) is 0 Å². The molecule has 2 nitrogen and oxygen atoms in total. The van der Waals surface area contributed by atoms with Crippen LogP contribution in [-0.4, -0.2) is 6.61 Å². The van der Waals surface area contributed by atoms with Crippen LogP contribution in [0, 0.1) is 0 Å².